The van der Waals surface area contributed by atoms with Crippen molar-refractivity contribution in [3.63, 3.8) is 0 Å². The second-order valence-electron chi connectivity index (χ2n) is 2.96. The standard InChI is InChI=1S/C9H13NO3/c1-6(11)7-3-8(5-10-4-7)9(12)13-2/h3-4,8-9,12H,5H2,1-2H3. The quantitative estimate of drug-likeness (QED) is 0.634. The fourth-order valence-electron chi connectivity index (χ4n) is 1.15. The van der Waals surface area contributed by atoms with Gasteiger partial charge in [-0.3, -0.25) is 9.79 Å². The van der Waals surface area contributed by atoms with Crippen LogP contribution in [-0.4, -0.2) is 37.0 Å². The maximum Gasteiger partial charge on any atom is 0.162 e. The Morgan fingerprint density at radius 1 is 1.85 bits per heavy atom. The van der Waals surface area contributed by atoms with Crippen LogP contribution in [0.5, 0.6) is 0 Å². The van der Waals surface area contributed by atoms with Gasteiger partial charge in [-0.05, 0) is 6.92 Å². The predicted molar refractivity (Wildman–Crippen MR) is 48.6 cm³/mol. The number of rotatable bonds is 3. The molecule has 0 saturated heterocycles. The number of carbonyl (C=O) groups is 1. The molecule has 1 aliphatic rings. The normalized spacial score (nSPS) is 23.9. The van der Waals surface area contributed by atoms with E-state index >= 15 is 0 Å². The molecule has 2 atom stereocenters. The van der Waals surface area contributed by atoms with E-state index in [1.807, 2.05) is 0 Å². The van der Waals surface area contributed by atoms with Gasteiger partial charge in [-0.2, -0.15) is 0 Å². The first-order valence-electron chi connectivity index (χ1n) is 4.08. The number of nitrogens with zero attached hydrogens (tertiary/aromatic N) is 1. The average molecular weight is 183 g/mol. The van der Waals surface area contributed by atoms with Crippen LogP contribution in [0.25, 0.3) is 0 Å². The van der Waals surface area contributed by atoms with Crippen LogP contribution in [0.2, 0.25) is 0 Å². The first-order valence-corrected chi connectivity index (χ1v) is 4.08. The molecule has 0 saturated carbocycles. The fraction of sp³-hybridized carbons (Fsp3) is 0.556. The van der Waals surface area contributed by atoms with Crippen molar-refractivity contribution in [3.8, 4) is 0 Å². The van der Waals surface area contributed by atoms with Crippen LogP contribution < -0.4 is 0 Å². The number of carbonyl (C=O) groups excluding carboxylic acids is 1. The maximum atomic E-state index is 11.0. The molecule has 4 nitrogen and oxygen atoms in total. The van der Waals surface area contributed by atoms with E-state index in [0.29, 0.717) is 12.1 Å². The van der Waals surface area contributed by atoms with Crippen molar-refractivity contribution < 1.29 is 14.6 Å². The van der Waals surface area contributed by atoms with Gasteiger partial charge in [-0.25, -0.2) is 0 Å². The number of ketones is 1. The van der Waals surface area contributed by atoms with E-state index in [9.17, 15) is 9.90 Å². The molecule has 72 valence electrons. The Morgan fingerprint density at radius 3 is 3.08 bits per heavy atom. The monoisotopic (exact) mass is 183 g/mol. The number of methoxy groups -OCH3 is 1. The smallest absolute Gasteiger partial charge is 0.162 e. The Balaban J connectivity index is 2.72. The number of Topliss-reactive ketones (excluding diaryl/α,β-unsaturated/α-hetero) is 1. The van der Waals surface area contributed by atoms with Crippen molar-refractivity contribution in [2.45, 2.75) is 13.2 Å². The zero-order chi connectivity index (χ0) is 9.84. The predicted octanol–water partition coefficient (Wildman–Crippen LogP) is 0.167. The molecule has 4 heteroatoms. The second-order valence-corrected chi connectivity index (χ2v) is 2.96. The lowest BCUT2D eigenvalue weighted by Crippen LogP contribution is -2.26. The van der Waals surface area contributed by atoms with Gasteiger partial charge in [0.25, 0.3) is 0 Å². The summed E-state index contributed by atoms with van der Waals surface area (Å²) < 4.78 is 4.74. The van der Waals surface area contributed by atoms with Crippen LogP contribution in [0.15, 0.2) is 16.6 Å². The molecule has 0 fully saturated rings. The van der Waals surface area contributed by atoms with E-state index in [1.54, 1.807) is 6.08 Å². The fourth-order valence-corrected chi connectivity index (χ4v) is 1.15. The highest BCUT2D eigenvalue weighted by Crippen LogP contribution is 2.14. The van der Waals surface area contributed by atoms with E-state index < -0.39 is 6.29 Å². The van der Waals surface area contributed by atoms with Crippen LogP contribution in [0.3, 0.4) is 0 Å². The number of dihydropyridines is 1. The van der Waals surface area contributed by atoms with Gasteiger partial charge < -0.3 is 9.84 Å². The van der Waals surface area contributed by atoms with Crippen LogP contribution in [-0.2, 0) is 9.53 Å². The minimum absolute atomic E-state index is 0.0447. The van der Waals surface area contributed by atoms with Gasteiger partial charge in [0, 0.05) is 24.8 Å². The Kier molecular flexibility index (Phi) is 3.33. The maximum absolute atomic E-state index is 11.0. The van der Waals surface area contributed by atoms with Crippen molar-refractivity contribution in [1.82, 2.24) is 0 Å². The SMILES string of the molecule is COC(O)C1C=C(C(C)=O)C=NC1. The summed E-state index contributed by atoms with van der Waals surface area (Å²) in [6, 6.07) is 0. The van der Waals surface area contributed by atoms with Crippen LogP contribution in [0.4, 0.5) is 0 Å². The van der Waals surface area contributed by atoms with Gasteiger partial charge in [-0.1, -0.05) is 6.08 Å². The molecular weight excluding hydrogens is 170 g/mol. The molecular formula is C9H13NO3. The number of aliphatic hydroxyl groups excluding tert-OH is 1. The highest BCUT2D eigenvalue weighted by atomic mass is 16.6. The van der Waals surface area contributed by atoms with Gasteiger partial charge in [-0.15, -0.1) is 0 Å². The Morgan fingerprint density at radius 2 is 2.54 bits per heavy atom. The molecule has 13 heavy (non-hydrogen) atoms. The highest BCUT2D eigenvalue weighted by molar-refractivity contribution is 6.12. The van der Waals surface area contributed by atoms with Crippen LogP contribution in [0.1, 0.15) is 6.92 Å². The molecule has 1 rings (SSSR count). The van der Waals surface area contributed by atoms with Crippen LogP contribution >= 0.6 is 0 Å². The molecule has 1 heterocycles. The molecule has 0 aromatic carbocycles. The minimum Gasteiger partial charge on any atom is -0.367 e. The Labute approximate surface area is 76.9 Å². The molecule has 1 aliphatic heterocycles. The summed E-state index contributed by atoms with van der Waals surface area (Å²) in [6.45, 7) is 1.94. The minimum atomic E-state index is -0.883. The van der Waals surface area contributed by atoms with E-state index in [2.05, 4.69) is 4.99 Å². The van der Waals surface area contributed by atoms with Gasteiger partial charge in [0.05, 0.1) is 6.54 Å². The number of ether oxygens (including phenoxy) is 1. The number of allylic oxidation sites excluding steroid dienone is 1. The van der Waals surface area contributed by atoms with Crippen molar-refractivity contribution in [3.05, 3.63) is 11.6 Å². The molecule has 1 N–H and O–H groups in total. The topological polar surface area (TPSA) is 58.9 Å². The first kappa shape index (κ1) is 10.1. The van der Waals surface area contributed by atoms with Crippen molar-refractivity contribution >= 4 is 12.0 Å². The van der Waals surface area contributed by atoms with Crippen molar-refractivity contribution in [2.75, 3.05) is 13.7 Å². The summed E-state index contributed by atoms with van der Waals surface area (Å²) >= 11 is 0. The zero-order valence-electron chi connectivity index (χ0n) is 7.73. The van der Waals surface area contributed by atoms with E-state index in [1.165, 1.54) is 20.2 Å². The zero-order valence-corrected chi connectivity index (χ0v) is 7.73. The van der Waals surface area contributed by atoms with Gasteiger partial charge in [0.15, 0.2) is 12.1 Å². The molecule has 2 unspecified atom stereocenters. The van der Waals surface area contributed by atoms with E-state index in [0.717, 1.165) is 0 Å². The van der Waals surface area contributed by atoms with Crippen LogP contribution in [0, 0.1) is 5.92 Å². The molecule has 0 radical (unpaired) electrons. The third-order valence-electron chi connectivity index (χ3n) is 1.95. The molecule has 0 aliphatic carbocycles. The number of hydrogen-bond donors (Lipinski definition) is 1. The highest BCUT2D eigenvalue weighted by Gasteiger charge is 2.19. The third kappa shape index (κ3) is 2.47. The van der Waals surface area contributed by atoms with E-state index in [-0.39, 0.29) is 11.7 Å². The Bertz CT molecular complexity index is 258. The summed E-state index contributed by atoms with van der Waals surface area (Å²) in [6.07, 6.45) is 2.34. The second kappa shape index (κ2) is 4.30. The number of hydrogen-bond acceptors (Lipinski definition) is 4. The summed E-state index contributed by atoms with van der Waals surface area (Å²) in [5.41, 5.74) is 0.535. The lowest BCUT2D eigenvalue weighted by Gasteiger charge is -2.19. The summed E-state index contributed by atoms with van der Waals surface area (Å²) in [5.74, 6) is -0.259. The number of aliphatic hydroxyl groups is 1. The summed E-state index contributed by atoms with van der Waals surface area (Å²) in [7, 11) is 1.42. The molecule has 0 spiro atoms. The van der Waals surface area contributed by atoms with Gasteiger partial charge >= 0.3 is 0 Å². The lowest BCUT2D eigenvalue weighted by atomic mass is 10.0. The first-order chi connectivity index (χ1) is 6.15. The largest absolute Gasteiger partial charge is 0.367 e. The molecule has 0 bridgehead atoms. The summed E-state index contributed by atoms with van der Waals surface area (Å²) in [4.78, 5) is 14.9. The lowest BCUT2D eigenvalue weighted by molar-refractivity contribution is -0.113. The average Bonchev–Trinajstić information content (AvgIpc) is 2.17. The Hall–Kier alpha value is -1.00. The molecule has 0 aromatic heterocycles. The third-order valence-corrected chi connectivity index (χ3v) is 1.95. The van der Waals surface area contributed by atoms with Gasteiger partial charge in [0.2, 0.25) is 0 Å². The number of aliphatic imine (C=N–C) groups is 1. The summed E-state index contributed by atoms with van der Waals surface area (Å²) in [5, 5.41) is 9.33. The molecule has 0 aromatic rings. The molecule has 0 amide bonds. The van der Waals surface area contributed by atoms with Crippen molar-refractivity contribution in [1.29, 1.82) is 0 Å². The van der Waals surface area contributed by atoms with E-state index in [4.69, 9.17) is 4.74 Å². The van der Waals surface area contributed by atoms with Crippen molar-refractivity contribution in [2.24, 2.45) is 10.9 Å². The van der Waals surface area contributed by atoms with Gasteiger partial charge in [0.1, 0.15) is 0 Å².